The molecule has 6 heteroatoms. The van der Waals surface area contributed by atoms with Gasteiger partial charge in [-0.15, -0.1) is 0 Å². The summed E-state index contributed by atoms with van der Waals surface area (Å²) >= 11 is 6.42. The molecule has 0 radical (unpaired) electrons. The zero-order valence-electron chi connectivity index (χ0n) is 11.2. The van der Waals surface area contributed by atoms with Gasteiger partial charge in [0.15, 0.2) is 0 Å². The maximum Gasteiger partial charge on any atom is 0.241 e. The number of amides is 2. The average molecular weight is 308 g/mol. The maximum atomic E-state index is 11.8. The summed E-state index contributed by atoms with van der Waals surface area (Å²) in [4.78, 5) is 25.0. The predicted octanol–water partition coefficient (Wildman–Crippen LogP) is 1.59. The standard InChI is InChI=1S/C14H16N2O2S2/c1-10-13(18)16(14(19)20-10)9-12(17)15-8-7-11-5-3-2-4-6-11/h2-6,10H,7-9H2,1H3,(H,15,17). The Bertz CT molecular complexity index is 519. The van der Waals surface area contributed by atoms with E-state index in [0.29, 0.717) is 10.9 Å². The van der Waals surface area contributed by atoms with Crippen LogP contribution in [0.25, 0.3) is 0 Å². The molecule has 1 fully saturated rings. The molecule has 1 aromatic rings. The van der Waals surface area contributed by atoms with Crippen molar-refractivity contribution < 1.29 is 9.59 Å². The highest BCUT2D eigenvalue weighted by atomic mass is 32.2. The molecule has 0 bridgehead atoms. The van der Waals surface area contributed by atoms with Crippen molar-refractivity contribution >= 4 is 40.1 Å². The SMILES string of the molecule is CC1SC(=S)N(CC(=O)NCCc2ccccc2)C1=O. The van der Waals surface area contributed by atoms with Gasteiger partial charge in [-0.25, -0.2) is 0 Å². The average Bonchev–Trinajstić information content (AvgIpc) is 2.67. The number of hydrogen-bond acceptors (Lipinski definition) is 4. The van der Waals surface area contributed by atoms with Gasteiger partial charge < -0.3 is 5.32 Å². The Kier molecular flexibility index (Phi) is 5.14. The summed E-state index contributed by atoms with van der Waals surface area (Å²) in [6.45, 7) is 2.37. The lowest BCUT2D eigenvalue weighted by molar-refractivity contribution is -0.131. The number of nitrogens with zero attached hydrogens (tertiary/aromatic N) is 1. The number of benzene rings is 1. The highest BCUT2D eigenvalue weighted by Gasteiger charge is 2.34. The quantitative estimate of drug-likeness (QED) is 0.839. The fraction of sp³-hybridized carbons (Fsp3) is 0.357. The monoisotopic (exact) mass is 308 g/mol. The summed E-state index contributed by atoms with van der Waals surface area (Å²) in [5.41, 5.74) is 1.17. The molecule has 1 saturated heterocycles. The zero-order chi connectivity index (χ0) is 14.5. The predicted molar refractivity (Wildman–Crippen MR) is 84.5 cm³/mol. The molecule has 4 nitrogen and oxygen atoms in total. The number of rotatable bonds is 5. The molecule has 2 rings (SSSR count). The van der Waals surface area contributed by atoms with E-state index in [1.807, 2.05) is 30.3 Å². The van der Waals surface area contributed by atoms with Crippen LogP contribution >= 0.6 is 24.0 Å². The molecule has 1 N–H and O–H groups in total. The second-order valence-corrected chi connectivity index (χ2v) is 6.51. The van der Waals surface area contributed by atoms with Gasteiger partial charge in [0, 0.05) is 6.54 Å². The highest BCUT2D eigenvalue weighted by Crippen LogP contribution is 2.26. The van der Waals surface area contributed by atoms with Crippen LogP contribution in [0.1, 0.15) is 12.5 Å². The largest absolute Gasteiger partial charge is 0.354 e. The molecule has 0 aliphatic carbocycles. The summed E-state index contributed by atoms with van der Waals surface area (Å²) in [5, 5.41) is 2.63. The van der Waals surface area contributed by atoms with Gasteiger partial charge in [-0.3, -0.25) is 14.5 Å². The van der Waals surface area contributed by atoms with Gasteiger partial charge in [-0.05, 0) is 18.9 Å². The fourth-order valence-electron chi connectivity index (χ4n) is 1.91. The lowest BCUT2D eigenvalue weighted by Gasteiger charge is -2.14. The van der Waals surface area contributed by atoms with E-state index in [1.54, 1.807) is 6.92 Å². The van der Waals surface area contributed by atoms with Crippen molar-refractivity contribution in [2.75, 3.05) is 13.1 Å². The second kappa shape index (κ2) is 6.85. The Morgan fingerprint density at radius 1 is 1.40 bits per heavy atom. The minimum atomic E-state index is -0.181. The fourth-order valence-corrected chi connectivity index (χ4v) is 3.31. The lowest BCUT2D eigenvalue weighted by Crippen LogP contribution is -2.41. The van der Waals surface area contributed by atoms with Gasteiger partial charge in [0.1, 0.15) is 10.9 Å². The molecule has 1 atom stereocenters. The van der Waals surface area contributed by atoms with Crippen LogP contribution < -0.4 is 5.32 Å². The normalized spacial score (nSPS) is 18.4. The summed E-state index contributed by atoms with van der Waals surface area (Å²) < 4.78 is 0.487. The molecule has 1 heterocycles. The second-order valence-electron chi connectivity index (χ2n) is 4.54. The smallest absolute Gasteiger partial charge is 0.241 e. The molecule has 1 aliphatic rings. The first kappa shape index (κ1) is 15.0. The molecule has 2 amide bonds. The summed E-state index contributed by atoms with van der Waals surface area (Å²) in [6, 6.07) is 9.93. The van der Waals surface area contributed by atoms with Crippen molar-refractivity contribution in [3.8, 4) is 0 Å². The molecular formula is C14H16N2O2S2. The van der Waals surface area contributed by atoms with Gasteiger partial charge in [0.05, 0.1) is 5.25 Å². The first-order chi connectivity index (χ1) is 9.58. The first-order valence-corrected chi connectivity index (χ1v) is 7.69. The minimum absolute atomic E-state index is 0.0177. The van der Waals surface area contributed by atoms with E-state index in [9.17, 15) is 9.59 Å². The number of hydrogen-bond donors (Lipinski definition) is 1. The topological polar surface area (TPSA) is 49.4 Å². The van der Waals surface area contributed by atoms with Gasteiger partial charge in [-0.1, -0.05) is 54.3 Å². The Labute approximate surface area is 127 Å². The number of thiocarbonyl (C=S) groups is 1. The highest BCUT2D eigenvalue weighted by molar-refractivity contribution is 8.24. The van der Waals surface area contributed by atoms with Crippen molar-refractivity contribution in [2.45, 2.75) is 18.6 Å². The number of thioether (sulfide) groups is 1. The van der Waals surface area contributed by atoms with E-state index in [1.165, 1.54) is 22.2 Å². The van der Waals surface area contributed by atoms with Crippen molar-refractivity contribution in [1.82, 2.24) is 10.2 Å². The van der Waals surface area contributed by atoms with Crippen LogP contribution in [0.15, 0.2) is 30.3 Å². The molecule has 0 spiro atoms. The van der Waals surface area contributed by atoms with Gasteiger partial charge in [0.25, 0.3) is 0 Å². The van der Waals surface area contributed by atoms with Gasteiger partial charge >= 0.3 is 0 Å². The van der Waals surface area contributed by atoms with Crippen LogP contribution in [0.2, 0.25) is 0 Å². The first-order valence-electron chi connectivity index (χ1n) is 6.40. The van der Waals surface area contributed by atoms with E-state index in [2.05, 4.69) is 5.32 Å². The van der Waals surface area contributed by atoms with Crippen LogP contribution in [0, 0.1) is 0 Å². The van der Waals surface area contributed by atoms with E-state index >= 15 is 0 Å². The molecule has 106 valence electrons. The van der Waals surface area contributed by atoms with Gasteiger partial charge in [0.2, 0.25) is 11.8 Å². The lowest BCUT2D eigenvalue weighted by atomic mass is 10.1. The van der Waals surface area contributed by atoms with Crippen molar-refractivity contribution in [1.29, 1.82) is 0 Å². The summed E-state index contributed by atoms with van der Waals surface area (Å²) in [6.07, 6.45) is 0.774. The van der Waals surface area contributed by atoms with Crippen molar-refractivity contribution in [3.05, 3.63) is 35.9 Å². The molecule has 20 heavy (non-hydrogen) atoms. The molecule has 1 aliphatic heterocycles. The Morgan fingerprint density at radius 3 is 2.70 bits per heavy atom. The van der Waals surface area contributed by atoms with Crippen molar-refractivity contribution in [3.63, 3.8) is 0 Å². The van der Waals surface area contributed by atoms with Crippen LogP contribution in [0.4, 0.5) is 0 Å². The molecule has 0 saturated carbocycles. The van der Waals surface area contributed by atoms with Crippen LogP contribution in [0.3, 0.4) is 0 Å². The Morgan fingerprint density at radius 2 is 2.10 bits per heavy atom. The molecule has 1 aromatic carbocycles. The number of carbonyl (C=O) groups excluding carboxylic acids is 2. The van der Waals surface area contributed by atoms with E-state index in [4.69, 9.17) is 12.2 Å². The van der Waals surface area contributed by atoms with Crippen LogP contribution in [-0.4, -0.2) is 39.4 Å². The van der Waals surface area contributed by atoms with E-state index in [0.717, 1.165) is 6.42 Å². The number of nitrogens with one attached hydrogen (secondary N) is 1. The Hall–Kier alpha value is -1.40. The molecule has 1 unspecified atom stereocenters. The Balaban J connectivity index is 1.76. The third kappa shape index (κ3) is 3.80. The third-order valence-electron chi connectivity index (χ3n) is 2.99. The minimum Gasteiger partial charge on any atom is -0.354 e. The molecular weight excluding hydrogens is 292 g/mol. The summed E-state index contributed by atoms with van der Waals surface area (Å²) in [7, 11) is 0. The third-order valence-corrected chi connectivity index (χ3v) is 4.48. The van der Waals surface area contributed by atoms with Crippen molar-refractivity contribution in [2.24, 2.45) is 0 Å². The van der Waals surface area contributed by atoms with E-state index < -0.39 is 0 Å². The number of carbonyl (C=O) groups is 2. The van der Waals surface area contributed by atoms with Crippen LogP contribution in [-0.2, 0) is 16.0 Å². The maximum absolute atomic E-state index is 11.8. The van der Waals surface area contributed by atoms with Gasteiger partial charge in [-0.2, -0.15) is 0 Å². The van der Waals surface area contributed by atoms with Crippen LogP contribution in [0.5, 0.6) is 0 Å². The van der Waals surface area contributed by atoms with E-state index in [-0.39, 0.29) is 23.6 Å². The molecule has 0 aromatic heterocycles. The zero-order valence-corrected chi connectivity index (χ0v) is 12.8. The summed E-state index contributed by atoms with van der Waals surface area (Å²) in [5.74, 6) is -0.260.